The standard InChI is InChI=1S/C20H15FN8O/c1-12-23-7-4-15(25-12)18-19(26-17-5-8-24-28-17)27-20-16(9-13(21)11-29(18)20)30-14-3-2-6-22-10-14/h2-11H,1H3,(H2,24,26,28). The molecule has 0 fully saturated rings. The minimum absolute atomic E-state index is 0.243. The fraction of sp³-hybridized carbons (Fsp3) is 0.0500. The van der Waals surface area contributed by atoms with Crippen molar-refractivity contribution in [2.75, 3.05) is 5.32 Å². The topological polar surface area (TPSA) is 106 Å². The largest absolute Gasteiger partial charge is 0.452 e. The maximum absolute atomic E-state index is 14.5. The lowest BCUT2D eigenvalue weighted by Gasteiger charge is -2.08. The second-order valence-electron chi connectivity index (χ2n) is 6.40. The Morgan fingerprint density at radius 1 is 1.13 bits per heavy atom. The van der Waals surface area contributed by atoms with Crippen molar-refractivity contribution in [2.45, 2.75) is 6.92 Å². The molecule has 0 radical (unpaired) electrons. The van der Waals surface area contributed by atoms with Gasteiger partial charge >= 0.3 is 0 Å². The molecule has 2 N–H and O–H groups in total. The lowest BCUT2D eigenvalue weighted by molar-refractivity contribution is 0.475. The molecule has 5 aromatic heterocycles. The van der Waals surface area contributed by atoms with Crippen molar-refractivity contribution in [2.24, 2.45) is 0 Å². The molecule has 10 heteroatoms. The highest BCUT2D eigenvalue weighted by atomic mass is 19.1. The SMILES string of the molecule is Cc1nccc(-c2c(Nc3ccn[nH]3)nc3c(Oc4cccnc4)cc(F)cn23)n1. The van der Waals surface area contributed by atoms with Gasteiger partial charge in [-0.2, -0.15) is 5.10 Å². The predicted molar refractivity (Wildman–Crippen MR) is 107 cm³/mol. The van der Waals surface area contributed by atoms with E-state index in [0.29, 0.717) is 40.2 Å². The van der Waals surface area contributed by atoms with E-state index in [1.54, 1.807) is 60.4 Å². The maximum Gasteiger partial charge on any atom is 0.183 e. The van der Waals surface area contributed by atoms with Crippen LogP contribution in [0.3, 0.4) is 0 Å². The Morgan fingerprint density at radius 2 is 2.07 bits per heavy atom. The number of imidazole rings is 1. The summed E-state index contributed by atoms with van der Waals surface area (Å²) in [6.45, 7) is 1.78. The molecule has 5 heterocycles. The van der Waals surface area contributed by atoms with Crippen LogP contribution in [0.15, 0.2) is 61.3 Å². The number of halogens is 1. The number of aromatic nitrogens is 7. The molecule has 148 valence electrons. The van der Waals surface area contributed by atoms with Gasteiger partial charge < -0.3 is 10.1 Å². The summed E-state index contributed by atoms with van der Waals surface area (Å²) in [5, 5.41) is 9.94. The van der Waals surface area contributed by atoms with Gasteiger partial charge in [0.2, 0.25) is 0 Å². The van der Waals surface area contributed by atoms with Crippen LogP contribution in [0.2, 0.25) is 0 Å². The van der Waals surface area contributed by atoms with Crippen LogP contribution in [0, 0.1) is 12.7 Å². The van der Waals surface area contributed by atoms with Crippen molar-refractivity contribution in [1.82, 2.24) is 34.5 Å². The lowest BCUT2D eigenvalue weighted by Crippen LogP contribution is -1.99. The van der Waals surface area contributed by atoms with E-state index in [2.05, 4.69) is 35.5 Å². The zero-order valence-electron chi connectivity index (χ0n) is 15.7. The van der Waals surface area contributed by atoms with Gasteiger partial charge in [-0.1, -0.05) is 0 Å². The second-order valence-corrected chi connectivity index (χ2v) is 6.40. The van der Waals surface area contributed by atoms with Gasteiger partial charge in [-0.25, -0.2) is 19.3 Å². The van der Waals surface area contributed by atoms with E-state index >= 15 is 0 Å². The van der Waals surface area contributed by atoms with Crippen molar-refractivity contribution < 1.29 is 9.13 Å². The first-order chi connectivity index (χ1) is 14.7. The lowest BCUT2D eigenvalue weighted by atomic mass is 10.3. The van der Waals surface area contributed by atoms with Gasteiger partial charge in [0, 0.05) is 30.7 Å². The number of anilines is 2. The van der Waals surface area contributed by atoms with Gasteiger partial charge in [-0.05, 0) is 25.1 Å². The fourth-order valence-corrected chi connectivity index (χ4v) is 3.07. The van der Waals surface area contributed by atoms with E-state index in [-0.39, 0.29) is 5.75 Å². The van der Waals surface area contributed by atoms with Gasteiger partial charge in [-0.15, -0.1) is 0 Å². The number of pyridine rings is 2. The monoisotopic (exact) mass is 402 g/mol. The fourth-order valence-electron chi connectivity index (χ4n) is 3.07. The van der Waals surface area contributed by atoms with Crippen LogP contribution in [-0.4, -0.2) is 34.5 Å². The van der Waals surface area contributed by atoms with E-state index in [9.17, 15) is 4.39 Å². The van der Waals surface area contributed by atoms with Crippen molar-refractivity contribution in [3.05, 3.63) is 73.0 Å². The Kier molecular flexibility index (Phi) is 4.28. The van der Waals surface area contributed by atoms with Crippen LogP contribution in [0.5, 0.6) is 11.5 Å². The third kappa shape index (κ3) is 3.30. The molecule has 0 aromatic carbocycles. The van der Waals surface area contributed by atoms with Gasteiger partial charge in [0.05, 0.1) is 18.1 Å². The molecule has 30 heavy (non-hydrogen) atoms. The number of aryl methyl sites for hydroxylation is 1. The van der Waals surface area contributed by atoms with Gasteiger partial charge in [0.15, 0.2) is 17.2 Å². The summed E-state index contributed by atoms with van der Waals surface area (Å²) < 4.78 is 22.0. The van der Waals surface area contributed by atoms with E-state index < -0.39 is 5.82 Å². The summed E-state index contributed by atoms with van der Waals surface area (Å²) in [6, 6.07) is 8.24. The molecule has 0 atom stereocenters. The predicted octanol–water partition coefficient (Wildman–Crippen LogP) is 3.89. The molecule has 0 aliphatic rings. The normalized spacial score (nSPS) is 11.0. The Balaban J connectivity index is 1.72. The number of hydrogen-bond donors (Lipinski definition) is 2. The first kappa shape index (κ1) is 17.7. The summed E-state index contributed by atoms with van der Waals surface area (Å²) in [4.78, 5) is 17.3. The van der Waals surface area contributed by atoms with Crippen LogP contribution in [0.25, 0.3) is 17.0 Å². The zero-order valence-corrected chi connectivity index (χ0v) is 15.7. The highest BCUT2D eigenvalue weighted by molar-refractivity contribution is 5.79. The number of rotatable bonds is 5. The highest BCUT2D eigenvalue weighted by Crippen LogP contribution is 2.35. The second kappa shape index (κ2) is 7.24. The molecule has 0 spiro atoms. The van der Waals surface area contributed by atoms with Crippen LogP contribution in [0.1, 0.15) is 5.82 Å². The van der Waals surface area contributed by atoms with Crippen molar-refractivity contribution in [3.8, 4) is 22.9 Å². The molecule has 0 bridgehead atoms. The van der Waals surface area contributed by atoms with Gasteiger partial charge in [0.1, 0.15) is 28.9 Å². The number of fused-ring (bicyclic) bond motifs is 1. The average molecular weight is 402 g/mol. The maximum atomic E-state index is 14.5. The first-order valence-electron chi connectivity index (χ1n) is 9.03. The molecule has 0 unspecified atom stereocenters. The third-order valence-corrected chi connectivity index (χ3v) is 4.29. The summed E-state index contributed by atoms with van der Waals surface area (Å²) in [5.74, 6) is 1.89. The van der Waals surface area contributed by atoms with Crippen LogP contribution in [-0.2, 0) is 0 Å². The number of ether oxygens (including phenoxy) is 1. The van der Waals surface area contributed by atoms with Gasteiger partial charge in [0.25, 0.3) is 0 Å². The summed E-state index contributed by atoms with van der Waals surface area (Å²) >= 11 is 0. The first-order valence-corrected chi connectivity index (χ1v) is 9.03. The molecule has 0 saturated heterocycles. The summed E-state index contributed by atoms with van der Waals surface area (Å²) in [6.07, 6.45) is 7.77. The molecular formula is C20H15FN8O. The average Bonchev–Trinajstić information content (AvgIpc) is 3.37. The molecule has 9 nitrogen and oxygen atoms in total. The van der Waals surface area contributed by atoms with E-state index in [4.69, 9.17) is 4.74 Å². The minimum atomic E-state index is -0.487. The molecule has 5 rings (SSSR count). The highest BCUT2D eigenvalue weighted by Gasteiger charge is 2.20. The molecular weight excluding hydrogens is 387 g/mol. The molecule has 0 amide bonds. The summed E-state index contributed by atoms with van der Waals surface area (Å²) in [7, 11) is 0. The van der Waals surface area contributed by atoms with Crippen molar-refractivity contribution >= 4 is 17.3 Å². The molecule has 0 aliphatic carbocycles. The van der Waals surface area contributed by atoms with Crippen molar-refractivity contribution in [3.63, 3.8) is 0 Å². The Hall–Kier alpha value is -4.34. The van der Waals surface area contributed by atoms with E-state index in [1.807, 2.05) is 0 Å². The number of nitrogens with zero attached hydrogens (tertiary/aromatic N) is 6. The van der Waals surface area contributed by atoms with Crippen LogP contribution < -0.4 is 10.1 Å². The van der Waals surface area contributed by atoms with E-state index in [0.717, 1.165) is 0 Å². The Morgan fingerprint density at radius 3 is 2.83 bits per heavy atom. The number of nitrogens with one attached hydrogen (secondary N) is 2. The number of aromatic amines is 1. The zero-order chi connectivity index (χ0) is 20.5. The molecule has 0 saturated carbocycles. The molecule has 0 aliphatic heterocycles. The quantitative estimate of drug-likeness (QED) is 0.459. The smallest absolute Gasteiger partial charge is 0.183 e. The number of H-pyrrole nitrogens is 1. The third-order valence-electron chi connectivity index (χ3n) is 4.29. The van der Waals surface area contributed by atoms with E-state index in [1.165, 1.54) is 12.3 Å². The van der Waals surface area contributed by atoms with Crippen LogP contribution in [0.4, 0.5) is 16.0 Å². The number of hydrogen-bond acceptors (Lipinski definition) is 7. The van der Waals surface area contributed by atoms with Crippen molar-refractivity contribution in [1.29, 1.82) is 0 Å². The Bertz CT molecular complexity index is 1320. The van der Waals surface area contributed by atoms with Crippen LogP contribution >= 0.6 is 0 Å². The van der Waals surface area contributed by atoms with Gasteiger partial charge in [-0.3, -0.25) is 14.5 Å². The summed E-state index contributed by atoms with van der Waals surface area (Å²) in [5.41, 5.74) is 1.55. The Labute approximate surface area is 169 Å². The minimum Gasteiger partial charge on any atom is -0.452 e. The molecule has 5 aromatic rings.